The highest BCUT2D eigenvalue weighted by Gasteiger charge is 2.51. The van der Waals surface area contributed by atoms with Crippen LogP contribution in [0.3, 0.4) is 0 Å². The number of hydrogen-bond donors (Lipinski definition) is 0. The Kier molecular flexibility index (Phi) is 5.82. The summed E-state index contributed by atoms with van der Waals surface area (Å²) in [4.78, 5) is 0. The normalized spacial score (nSPS) is 27.7. The molecule has 1 aromatic carbocycles. The van der Waals surface area contributed by atoms with Gasteiger partial charge in [-0.05, 0) is 54.7 Å². The molecule has 2 nitrogen and oxygen atoms in total. The fourth-order valence-corrected chi connectivity index (χ4v) is 5.83. The van der Waals surface area contributed by atoms with Gasteiger partial charge >= 0.3 is 0 Å². The third kappa shape index (κ3) is 3.76. The van der Waals surface area contributed by atoms with E-state index < -0.39 is 9.76 Å². The maximum absolute atomic E-state index is 6.23. The van der Waals surface area contributed by atoms with Crippen molar-refractivity contribution in [3.63, 3.8) is 0 Å². The summed E-state index contributed by atoms with van der Waals surface area (Å²) >= 11 is 0. The number of hydrogen-bond acceptors (Lipinski definition) is 2. The van der Waals surface area contributed by atoms with Crippen LogP contribution in [0.2, 0.25) is 6.55 Å². The maximum Gasteiger partial charge on any atom is 0.216 e. The predicted molar refractivity (Wildman–Crippen MR) is 109 cm³/mol. The molecule has 0 amide bonds. The molecule has 2 aliphatic rings. The standard InChI is InChI=1S/C22H36O2Si/c1-5-6-7-8-9-13-23-17-14-18-20(19(15-17)24-25-4)22(3)12-10-11-21(18,2)16-22/h14-15H,5-13,16,25H2,1-4H3. The Morgan fingerprint density at radius 1 is 1.04 bits per heavy atom. The Bertz CT molecular complexity index is 600. The van der Waals surface area contributed by atoms with Crippen molar-refractivity contribution in [2.45, 2.75) is 95.9 Å². The molecule has 2 atom stereocenters. The van der Waals surface area contributed by atoms with Crippen LogP contribution >= 0.6 is 0 Å². The summed E-state index contributed by atoms with van der Waals surface area (Å²) in [5.41, 5.74) is 3.65. The Labute approximate surface area is 156 Å². The topological polar surface area (TPSA) is 18.5 Å². The molecule has 0 aromatic heterocycles. The van der Waals surface area contributed by atoms with Crippen molar-refractivity contribution in [3.05, 3.63) is 23.3 Å². The quantitative estimate of drug-likeness (QED) is 0.418. The zero-order valence-corrected chi connectivity index (χ0v) is 18.2. The largest absolute Gasteiger partial charge is 0.549 e. The molecule has 3 rings (SSSR count). The second-order valence-electron chi connectivity index (χ2n) is 8.69. The molecule has 0 heterocycles. The first-order valence-corrected chi connectivity index (χ1v) is 12.5. The third-order valence-electron chi connectivity index (χ3n) is 6.38. The summed E-state index contributed by atoms with van der Waals surface area (Å²) in [6, 6.07) is 4.54. The average molecular weight is 361 g/mol. The maximum atomic E-state index is 6.23. The molecule has 2 unspecified atom stereocenters. The fraction of sp³-hybridized carbons (Fsp3) is 0.727. The van der Waals surface area contributed by atoms with Crippen molar-refractivity contribution in [3.8, 4) is 11.5 Å². The lowest BCUT2D eigenvalue weighted by atomic mass is 9.69. The second kappa shape index (κ2) is 7.73. The van der Waals surface area contributed by atoms with E-state index in [9.17, 15) is 0 Å². The molecule has 0 saturated heterocycles. The molecule has 2 bridgehead atoms. The first-order chi connectivity index (χ1) is 12.0. The second-order valence-corrected chi connectivity index (χ2v) is 9.56. The van der Waals surface area contributed by atoms with E-state index in [1.807, 2.05) is 0 Å². The molecule has 3 heteroatoms. The third-order valence-corrected chi connectivity index (χ3v) is 6.98. The van der Waals surface area contributed by atoms with Gasteiger partial charge in [0.05, 0.1) is 6.61 Å². The van der Waals surface area contributed by atoms with Crippen LogP contribution in [0.15, 0.2) is 12.1 Å². The minimum atomic E-state index is -0.480. The summed E-state index contributed by atoms with van der Waals surface area (Å²) in [6.07, 6.45) is 11.6. The van der Waals surface area contributed by atoms with Crippen LogP contribution in [0.5, 0.6) is 11.5 Å². The summed E-state index contributed by atoms with van der Waals surface area (Å²) in [5.74, 6) is 2.17. The number of unbranched alkanes of at least 4 members (excludes halogenated alkanes) is 4. The van der Waals surface area contributed by atoms with Crippen molar-refractivity contribution in [2.75, 3.05) is 6.61 Å². The zero-order chi connectivity index (χ0) is 17.9. The Balaban J connectivity index is 1.79. The summed E-state index contributed by atoms with van der Waals surface area (Å²) < 4.78 is 12.4. The van der Waals surface area contributed by atoms with Gasteiger partial charge in [-0.2, -0.15) is 0 Å². The van der Waals surface area contributed by atoms with Crippen LogP contribution < -0.4 is 9.16 Å². The van der Waals surface area contributed by atoms with Gasteiger partial charge in [0.2, 0.25) is 9.76 Å². The highest BCUT2D eigenvalue weighted by atomic mass is 28.2. The molecule has 1 aromatic rings. The first-order valence-electron chi connectivity index (χ1n) is 10.5. The minimum absolute atomic E-state index is 0.305. The molecule has 1 fully saturated rings. The molecule has 0 radical (unpaired) electrons. The van der Waals surface area contributed by atoms with E-state index >= 15 is 0 Å². The van der Waals surface area contributed by atoms with E-state index in [0.717, 1.165) is 24.5 Å². The monoisotopic (exact) mass is 360 g/mol. The summed E-state index contributed by atoms with van der Waals surface area (Å²) in [5, 5.41) is 0. The first kappa shape index (κ1) is 18.8. The van der Waals surface area contributed by atoms with Crippen LogP contribution in [0, 0.1) is 0 Å². The minimum Gasteiger partial charge on any atom is -0.549 e. The van der Waals surface area contributed by atoms with Gasteiger partial charge < -0.3 is 9.16 Å². The molecule has 0 N–H and O–H groups in total. The number of benzene rings is 1. The Hall–Kier alpha value is -0.963. The smallest absolute Gasteiger partial charge is 0.216 e. The van der Waals surface area contributed by atoms with Gasteiger partial charge in [-0.25, -0.2) is 0 Å². The van der Waals surface area contributed by atoms with Crippen LogP contribution in [-0.4, -0.2) is 16.4 Å². The molecular formula is C22H36O2Si. The van der Waals surface area contributed by atoms with E-state index in [-0.39, 0.29) is 0 Å². The van der Waals surface area contributed by atoms with Gasteiger partial charge in [-0.15, -0.1) is 0 Å². The zero-order valence-electron chi connectivity index (χ0n) is 16.7. The van der Waals surface area contributed by atoms with Gasteiger partial charge in [-0.1, -0.05) is 52.9 Å². The van der Waals surface area contributed by atoms with Gasteiger partial charge in [0.25, 0.3) is 0 Å². The van der Waals surface area contributed by atoms with E-state index in [1.165, 1.54) is 62.5 Å². The van der Waals surface area contributed by atoms with Crippen LogP contribution in [-0.2, 0) is 10.8 Å². The molecule has 2 aliphatic carbocycles. The summed E-state index contributed by atoms with van der Waals surface area (Å²) in [7, 11) is -0.480. The molecule has 140 valence electrons. The molecule has 25 heavy (non-hydrogen) atoms. The lowest BCUT2D eigenvalue weighted by Gasteiger charge is -2.35. The number of ether oxygens (including phenoxy) is 1. The fourth-order valence-electron chi connectivity index (χ4n) is 5.29. The van der Waals surface area contributed by atoms with E-state index in [2.05, 4.69) is 39.5 Å². The van der Waals surface area contributed by atoms with Crippen LogP contribution in [0.1, 0.15) is 89.7 Å². The van der Waals surface area contributed by atoms with Crippen molar-refractivity contribution >= 4 is 9.76 Å². The van der Waals surface area contributed by atoms with Crippen molar-refractivity contribution in [2.24, 2.45) is 0 Å². The van der Waals surface area contributed by atoms with E-state index in [0.29, 0.717) is 10.8 Å². The SMILES string of the molecule is CCCCCCCOc1cc(O[SiH2]C)c2c(c1)C1(C)CCCC2(C)C1. The van der Waals surface area contributed by atoms with Crippen molar-refractivity contribution in [1.29, 1.82) is 0 Å². The Morgan fingerprint density at radius 2 is 1.80 bits per heavy atom. The van der Waals surface area contributed by atoms with Crippen molar-refractivity contribution < 1.29 is 9.16 Å². The number of fused-ring (bicyclic) bond motifs is 5. The molecule has 0 spiro atoms. The van der Waals surface area contributed by atoms with Crippen LogP contribution in [0.4, 0.5) is 0 Å². The molecule has 0 aliphatic heterocycles. The van der Waals surface area contributed by atoms with Crippen molar-refractivity contribution in [1.82, 2.24) is 0 Å². The van der Waals surface area contributed by atoms with Crippen LogP contribution in [0.25, 0.3) is 0 Å². The lowest BCUT2D eigenvalue weighted by molar-refractivity contribution is 0.251. The number of rotatable bonds is 9. The summed E-state index contributed by atoms with van der Waals surface area (Å²) in [6.45, 7) is 10.2. The molecular weight excluding hydrogens is 324 g/mol. The Morgan fingerprint density at radius 3 is 2.56 bits per heavy atom. The average Bonchev–Trinajstić information content (AvgIpc) is 2.73. The predicted octanol–water partition coefficient (Wildman–Crippen LogP) is 5.65. The molecule has 1 saturated carbocycles. The highest BCUT2D eigenvalue weighted by Crippen LogP contribution is 2.60. The lowest BCUT2D eigenvalue weighted by Crippen LogP contribution is -2.29. The van der Waals surface area contributed by atoms with E-state index in [1.54, 1.807) is 0 Å². The van der Waals surface area contributed by atoms with Gasteiger partial charge in [0, 0.05) is 11.6 Å². The highest BCUT2D eigenvalue weighted by molar-refractivity contribution is 6.26. The van der Waals surface area contributed by atoms with Gasteiger partial charge in [0.1, 0.15) is 11.5 Å². The van der Waals surface area contributed by atoms with Gasteiger partial charge in [0.15, 0.2) is 0 Å². The van der Waals surface area contributed by atoms with E-state index in [4.69, 9.17) is 9.16 Å². The van der Waals surface area contributed by atoms with Gasteiger partial charge in [-0.3, -0.25) is 0 Å².